The van der Waals surface area contributed by atoms with Crippen LogP contribution < -0.4 is 5.32 Å². The Morgan fingerprint density at radius 2 is 1.88 bits per heavy atom. The number of carbonyl (C=O) groups is 2. The van der Waals surface area contributed by atoms with Crippen molar-refractivity contribution in [3.8, 4) is 0 Å². The van der Waals surface area contributed by atoms with E-state index in [0.29, 0.717) is 0 Å². The number of esters is 1. The van der Waals surface area contributed by atoms with E-state index >= 15 is 0 Å². The zero-order valence-corrected chi connectivity index (χ0v) is 19.0. The number of rotatable bonds is 8. The van der Waals surface area contributed by atoms with Crippen molar-refractivity contribution in [1.29, 1.82) is 0 Å². The van der Waals surface area contributed by atoms with Crippen LogP contribution in [0.15, 0.2) is 47.4 Å². The van der Waals surface area contributed by atoms with Gasteiger partial charge >= 0.3 is 5.97 Å². The maximum Gasteiger partial charge on any atom is 0.338 e. The molecule has 9 heteroatoms. The number of amides is 1. The molecule has 2 aromatic carbocycles. The number of carbonyl (C=O) groups excluding carboxylic acids is 2. The van der Waals surface area contributed by atoms with Crippen molar-refractivity contribution in [2.45, 2.75) is 44.0 Å². The van der Waals surface area contributed by atoms with Crippen LogP contribution in [-0.4, -0.2) is 44.3 Å². The van der Waals surface area contributed by atoms with Crippen molar-refractivity contribution in [1.82, 2.24) is 9.62 Å². The Labute approximate surface area is 187 Å². The number of nitrogens with zero attached hydrogens (tertiary/aromatic N) is 1. The highest BCUT2D eigenvalue weighted by Gasteiger charge is 2.27. The van der Waals surface area contributed by atoms with Gasteiger partial charge in [-0.3, -0.25) is 4.79 Å². The first kappa shape index (κ1) is 23.9. The van der Waals surface area contributed by atoms with E-state index in [4.69, 9.17) is 4.74 Å². The highest BCUT2D eigenvalue weighted by molar-refractivity contribution is 7.89. The maximum atomic E-state index is 14.2. The molecule has 0 radical (unpaired) electrons. The normalized spacial score (nSPS) is 15.8. The van der Waals surface area contributed by atoms with Crippen molar-refractivity contribution >= 4 is 21.9 Å². The highest BCUT2D eigenvalue weighted by Crippen LogP contribution is 2.29. The number of hydrogen-bond acceptors (Lipinski definition) is 5. The molecule has 0 aliphatic heterocycles. The van der Waals surface area contributed by atoms with Gasteiger partial charge in [0.25, 0.3) is 5.91 Å². The van der Waals surface area contributed by atoms with Crippen LogP contribution in [0.5, 0.6) is 0 Å². The fourth-order valence-electron chi connectivity index (χ4n) is 3.88. The first-order valence-electron chi connectivity index (χ1n) is 10.6. The first-order valence-corrected chi connectivity index (χ1v) is 12.1. The number of aryl methyl sites for hydroxylation is 1. The molecule has 1 unspecified atom stereocenters. The zero-order chi connectivity index (χ0) is 23.3. The molecule has 172 valence electrons. The van der Waals surface area contributed by atoms with Gasteiger partial charge in [-0.25, -0.2) is 17.6 Å². The third-order valence-electron chi connectivity index (χ3n) is 5.53. The lowest BCUT2D eigenvalue weighted by Crippen LogP contribution is -2.34. The minimum absolute atomic E-state index is 0.145. The monoisotopic (exact) mass is 462 g/mol. The molecule has 32 heavy (non-hydrogen) atoms. The van der Waals surface area contributed by atoms with Gasteiger partial charge in [0.05, 0.1) is 11.6 Å². The number of sulfonamides is 1. The van der Waals surface area contributed by atoms with Gasteiger partial charge in [0, 0.05) is 13.1 Å². The molecule has 0 spiro atoms. The second-order valence-corrected chi connectivity index (χ2v) is 9.43. The average Bonchev–Trinajstić information content (AvgIpc) is 2.78. The number of nitrogens with one attached hydrogen (secondary N) is 1. The molecule has 0 aromatic heterocycles. The summed E-state index contributed by atoms with van der Waals surface area (Å²) < 4.78 is 45.7. The molecular formula is C23H27FN2O5S. The number of halogens is 1. The summed E-state index contributed by atoms with van der Waals surface area (Å²) in [4.78, 5) is 24.2. The predicted molar refractivity (Wildman–Crippen MR) is 117 cm³/mol. The number of ether oxygens (including phenoxy) is 1. The van der Waals surface area contributed by atoms with Gasteiger partial charge in [0.2, 0.25) is 10.0 Å². The number of fused-ring (bicyclic) bond motifs is 1. The van der Waals surface area contributed by atoms with E-state index < -0.39 is 39.2 Å². The van der Waals surface area contributed by atoms with Crippen LogP contribution in [0.2, 0.25) is 0 Å². The minimum Gasteiger partial charge on any atom is -0.452 e. The summed E-state index contributed by atoms with van der Waals surface area (Å²) in [6.45, 7) is 3.09. The Balaban J connectivity index is 1.66. The van der Waals surface area contributed by atoms with Gasteiger partial charge in [-0.2, -0.15) is 4.31 Å². The maximum absolute atomic E-state index is 14.2. The summed E-state index contributed by atoms with van der Waals surface area (Å²) in [6.07, 6.45) is 2.70. The molecule has 0 saturated heterocycles. The summed E-state index contributed by atoms with van der Waals surface area (Å²) >= 11 is 0. The van der Waals surface area contributed by atoms with E-state index in [2.05, 4.69) is 5.32 Å². The van der Waals surface area contributed by atoms with Gasteiger partial charge in [-0.05, 0) is 48.6 Å². The van der Waals surface area contributed by atoms with Crippen molar-refractivity contribution in [2.24, 2.45) is 0 Å². The van der Waals surface area contributed by atoms with Crippen molar-refractivity contribution in [2.75, 3.05) is 19.7 Å². The second kappa shape index (κ2) is 10.2. The molecule has 1 aliphatic rings. The molecule has 1 amide bonds. The fourth-order valence-corrected chi connectivity index (χ4v) is 5.43. The summed E-state index contributed by atoms with van der Waals surface area (Å²) in [5, 5.41) is 2.88. The second-order valence-electron chi connectivity index (χ2n) is 7.52. The molecule has 2 aromatic rings. The van der Waals surface area contributed by atoms with Crippen molar-refractivity contribution in [3.05, 3.63) is 65.0 Å². The van der Waals surface area contributed by atoms with Gasteiger partial charge in [-0.1, -0.05) is 38.1 Å². The Morgan fingerprint density at radius 3 is 2.59 bits per heavy atom. The average molecular weight is 463 g/mol. The summed E-state index contributed by atoms with van der Waals surface area (Å²) in [5.74, 6) is -2.32. The first-order chi connectivity index (χ1) is 15.3. The Hall–Kier alpha value is -2.78. The molecular weight excluding hydrogens is 435 g/mol. The SMILES string of the molecule is CCN(CC)S(=O)(=O)c1cc(C(=O)OCC(=O)NC2CCCc3ccccc32)ccc1F. The summed E-state index contributed by atoms with van der Waals surface area (Å²) in [5.41, 5.74) is 2.10. The molecule has 1 N–H and O–H groups in total. The highest BCUT2D eigenvalue weighted by atomic mass is 32.2. The smallest absolute Gasteiger partial charge is 0.338 e. The van der Waals surface area contributed by atoms with Crippen LogP contribution in [0, 0.1) is 5.82 Å². The molecule has 0 heterocycles. The van der Waals surface area contributed by atoms with E-state index in [0.717, 1.165) is 47.3 Å². The van der Waals surface area contributed by atoms with Gasteiger partial charge < -0.3 is 10.1 Å². The number of hydrogen-bond donors (Lipinski definition) is 1. The van der Waals surface area contributed by atoms with E-state index in [-0.39, 0.29) is 24.7 Å². The molecule has 0 saturated carbocycles. The van der Waals surface area contributed by atoms with Crippen LogP contribution in [0.25, 0.3) is 0 Å². The molecule has 0 bridgehead atoms. The van der Waals surface area contributed by atoms with E-state index in [1.165, 1.54) is 5.56 Å². The van der Waals surface area contributed by atoms with Crippen LogP contribution >= 0.6 is 0 Å². The van der Waals surface area contributed by atoms with Crippen molar-refractivity contribution in [3.63, 3.8) is 0 Å². The van der Waals surface area contributed by atoms with Crippen LogP contribution in [0.3, 0.4) is 0 Å². The fraction of sp³-hybridized carbons (Fsp3) is 0.391. The lowest BCUT2D eigenvalue weighted by molar-refractivity contribution is -0.125. The van der Waals surface area contributed by atoms with E-state index in [1.807, 2.05) is 24.3 Å². The summed E-state index contributed by atoms with van der Waals surface area (Å²) in [6, 6.07) is 10.7. The Kier molecular flexibility index (Phi) is 7.63. The zero-order valence-electron chi connectivity index (χ0n) is 18.1. The largest absolute Gasteiger partial charge is 0.452 e. The van der Waals surface area contributed by atoms with Crippen LogP contribution in [0.4, 0.5) is 4.39 Å². The minimum atomic E-state index is -4.10. The van der Waals surface area contributed by atoms with Gasteiger partial charge in [-0.15, -0.1) is 0 Å². The number of benzene rings is 2. The molecule has 7 nitrogen and oxygen atoms in total. The topological polar surface area (TPSA) is 92.8 Å². The van der Waals surface area contributed by atoms with Crippen LogP contribution in [0.1, 0.15) is 54.2 Å². The van der Waals surface area contributed by atoms with Gasteiger partial charge in [0.1, 0.15) is 10.7 Å². The molecule has 0 fully saturated rings. The third kappa shape index (κ3) is 5.16. The third-order valence-corrected chi connectivity index (χ3v) is 7.59. The van der Waals surface area contributed by atoms with Crippen molar-refractivity contribution < 1.29 is 27.1 Å². The molecule has 1 atom stereocenters. The Morgan fingerprint density at radius 1 is 1.16 bits per heavy atom. The van der Waals surface area contributed by atoms with E-state index in [9.17, 15) is 22.4 Å². The lowest BCUT2D eigenvalue weighted by Gasteiger charge is -2.26. The lowest BCUT2D eigenvalue weighted by atomic mass is 9.88. The molecule has 1 aliphatic carbocycles. The quantitative estimate of drug-likeness (QED) is 0.608. The molecule has 3 rings (SSSR count). The standard InChI is InChI=1S/C23H27FN2O5S/c1-3-26(4-2)32(29,30)21-14-17(12-13-19(21)24)23(28)31-15-22(27)25-20-11-7-9-16-8-5-6-10-18(16)20/h5-6,8,10,12-14,20H,3-4,7,9,11,15H2,1-2H3,(H,25,27). The van der Waals surface area contributed by atoms with Crippen LogP contribution in [-0.2, 0) is 26.0 Å². The predicted octanol–water partition coefficient (Wildman–Crippen LogP) is 3.21. The van der Waals surface area contributed by atoms with Gasteiger partial charge in [0.15, 0.2) is 6.61 Å². The summed E-state index contributed by atoms with van der Waals surface area (Å²) in [7, 11) is -4.10. The Bertz CT molecular complexity index is 1100. The van der Waals surface area contributed by atoms with E-state index in [1.54, 1.807) is 13.8 Å².